The Balaban J connectivity index is 1.88. The number of phenols is 1. The van der Waals surface area contributed by atoms with E-state index in [0.29, 0.717) is 0 Å². The zero-order valence-electron chi connectivity index (χ0n) is 14.8. The molecule has 0 amide bonds. The maximum atomic E-state index is 9.87. The van der Waals surface area contributed by atoms with Crippen molar-refractivity contribution in [2.75, 3.05) is 32.5 Å². The molecule has 1 aliphatic carbocycles. The molecule has 0 unspecified atom stereocenters. The second-order valence-electron chi connectivity index (χ2n) is 6.91. The van der Waals surface area contributed by atoms with Crippen LogP contribution in [0.2, 0.25) is 0 Å². The Kier molecular flexibility index (Phi) is 3.81. The van der Waals surface area contributed by atoms with Gasteiger partial charge in [0.2, 0.25) is 0 Å². The molecule has 0 atom stereocenters. The van der Waals surface area contributed by atoms with Crippen molar-refractivity contribution in [3.8, 4) is 16.9 Å². The zero-order chi connectivity index (χ0) is 17.6. The second kappa shape index (κ2) is 6.01. The number of phenolic OH excluding ortho intramolecular Hbond substituents is 1. The van der Waals surface area contributed by atoms with E-state index in [0.717, 1.165) is 41.9 Å². The molecule has 0 radical (unpaired) electrons. The fourth-order valence-electron chi connectivity index (χ4n) is 3.49. The number of aryl methyl sites for hydroxylation is 1. The topological polar surface area (TPSA) is 61.3 Å². The SMILES string of the molecule is Cc1cc2c(cn1)-c1c(c(NCCN(C)C)nc3cc(O)ccc13)C2. The number of anilines is 1. The van der Waals surface area contributed by atoms with Gasteiger partial charge in [0, 0.05) is 59.5 Å². The van der Waals surface area contributed by atoms with E-state index in [-0.39, 0.29) is 5.75 Å². The highest BCUT2D eigenvalue weighted by atomic mass is 16.3. The molecule has 5 nitrogen and oxygen atoms in total. The Bertz CT molecular complexity index is 966. The molecule has 25 heavy (non-hydrogen) atoms. The summed E-state index contributed by atoms with van der Waals surface area (Å²) in [5, 5.41) is 14.4. The van der Waals surface area contributed by atoms with Crippen molar-refractivity contribution < 1.29 is 5.11 Å². The molecule has 128 valence electrons. The van der Waals surface area contributed by atoms with Crippen molar-refractivity contribution in [2.45, 2.75) is 13.3 Å². The van der Waals surface area contributed by atoms with Gasteiger partial charge in [-0.2, -0.15) is 0 Å². The molecular weight excluding hydrogens is 312 g/mol. The van der Waals surface area contributed by atoms with Crippen molar-refractivity contribution in [2.24, 2.45) is 0 Å². The van der Waals surface area contributed by atoms with E-state index in [1.165, 1.54) is 22.3 Å². The highest BCUT2D eigenvalue weighted by molar-refractivity contribution is 6.01. The third-order valence-corrected chi connectivity index (χ3v) is 4.68. The average molecular weight is 334 g/mol. The number of nitrogens with zero attached hydrogens (tertiary/aromatic N) is 3. The number of benzene rings is 1. The minimum Gasteiger partial charge on any atom is -0.508 e. The molecule has 0 saturated carbocycles. The van der Waals surface area contributed by atoms with Gasteiger partial charge in [-0.3, -0.25) is 4.98 Å². The maximum Gasteiger partial charge on any atom is 0.130 e. The van der Waals surface area contributed by atoms with E-state index in [9.17, 15) is 5.11 Å². The fraction of sp³-hybridized carbons (Fsp3) is 0.300. The summed E-state index contributed by atoms with van der Waals surface area (Å²) >= 11 is 0. The maximum absolute atomic E-state index is 9.87. The number of nitrogens with one attached hydrogen (secondary N) is 1. The van der Waals surface area contributed by atoms with Gasteiger partial charge in [-0.05, 0) is 44.8 Å². The first kappa shape index (κ1) is 15.8. The third-order valence-electron chi connectivity index (χ3n) is 4.68. The zero-order valence-corrected chi connectivity index (χ0v) is 14.8. The van der Waals surface area contributed by atoms with Crippen LogP contribution < -0.4 is 5.32 Å². The number of aromatic hydroxyl groups is 1. The molecule has 0 bridgehead atoms. The van der Waals surface area contributed by atoms with Gasteiger partial charge >= 0.3 is 0 Å². The van der Waals surface area contributed by atoms with E-state index in [1.807, 2.05) is 19.2 Å². The smallest absolute Gasteiger partial charge is 0.130 e. The number of likely N-dealkylation sites (N-methyl/N-ethyl adjacent to an activating group) is 1. The summed E-state index contributed by atoms with van der Waals surface area (Å²) < 4.78 is 0. The molecule has 2 heterocycles. The lowest BCUT2D eigenvalue weighted by molar-refractivity contribution is 0.425. The van der Waals surface area contributed by atoms with Crippen molar-refractivity contribution in [3.63, 3.8) is 0 Å². The summed E-state index contributed by atoms with van der Waals surface area (Å²) in [6, 6.07) is 7.57. The van der Waals surface area contributed by atoms with Gasteiger partial charge < -0.3 is 15.3 Å². The van der Waals surface area contributed by atoms with Crippen LogP contribution >= 0.6 is 0 Å². The van der Waals surface area contributed by atoms with Crippen LogP contribution in [0.1, 0.15) is 16.8 Å². The van der Waals surface area contributed by atoms with E-state index in [1.54, 1.807) is 12.1 Å². The highest BCUT2D eigenvalue weighted by Gasteiger charge is 2.25. The fourth-order valence-corrected chi connectivity index (χ4v) is 3.49. The summed E-state index contributed by atoms with van der Waals surface area (Å²) in [7, 11) is 4.12. The highest BCUT2D eigenvalue weighted by Crippen LogP contribution is 2.44. The van der Waals surface area contributed by atoms with Crippen molar-refractivity contribution >= 4 is 16.7 Å². The van der Waals surface area contributed by atoms with Crippen LogP contribution in [0.3, 0.4) is 0 Å². The largest absolute Gasteiger partial charge is 0.508 e. The molecule has 1 aliphatic rings. The molecule has 0 fully saturated rings. The lowest BCUT2D eigenvalue weighted by Crippen LogP contribution is -2.21. The normalized spacial score (nSPS) is 12.5. The molecule has 0 aliphatic heterocycles. The first-order chi connectivity index (χ1) is 12.0. The van der Waals surface area contributed by atoms with Crippen LogP contribution in [0.4, 0.5) is 5.82 Å². The molecule has 3 aromatic rings. The van der Waals surface area contributed by atoms with Gasteiger partial charge in [-0.15, -0.1) is 0 Å². The number of aromatic nitrogens is 2. The van der Waals surface area contributed by atoms with Gasteiger partial charge in [0.15, 0.2) is 0 Å². The van der Waals surface area contributed by atoms with Crippen LogP contribution in [0, 0.1) is 6.92 Å². The number of fused-ring (bicyclic) bond motifs is 5. The van der Waals surface area contributed by atoms with Gasteiger partial charge in [-0.25, -0.2) is 4.98 Å². The van der Waals surface area contributed by atoms with Crippen LogP contribution in [-0.4, -0.2) is 47.2 Å². The van der Waals surface area contributed by atoms with Crippen LogP contribution in [0.5, 0.6) is 5.75 Å². The van der Waals surface area contributed by atoms with Crippen LogP contribution in [0.25, 0.3) is 22.0 Å². The molecule has 2 N–H and O–H groups in total. The molecule has 5 heteroatoms. The summed E-state index contributed by atoms with van der Waals surface area (Å²) in [6.07, 6.45) is 2.83. The quantitative estimate of drug-likeness (QED) is 0.600. The standard InChI is InChI=1S/C20H22N4O/c1-12-8-13-9-16-19(17(13)11-22-12)15-5-4-14(25)10-18(15)23-20(16)21-6-7-24(2)3/h4-5,8,10-11,25H,6-7,9H2,1-3H3,(H,21,23). The summed E-state index contributed by atoms with van der Waals surface area (Å²) in [4.78, 5) is 11.4. The lowest BCUT2D eigenvalue weighted by Gasteiger charge is -2.15. The predicted molar refractivity (Wildman–Crippen MR) is 101 cm³/mol. The Morgan fingerprint density at radius 2 is 2.08 bits per heavy atom. The van der Waals surface area contributed by atoms with Crippen molar-refractivity contribution in [1.82, 2.24) is 14.9 Å². The van der Waals surface area contributed by atoms with Crippen LogP contribution in [0.15, 0.2) is 30.5 Å². The second-order valence-corrected chi connectivity index (χ2v) is 6.91. The number of rotatable bonds is 4. The molecule has 1 aromatic carbocycles. The van der Waals surface area contributed by atoms with E-state index < -0.39 is 0 Å². The lowest BCUT2D eigenvalue weighted by atomic mass is 10.0. The number of pyridine rings is 2. The molecule has 0 spiro atoms. The first-order valence-electron chi connectivity index (χ1n) is 8.53. The molecule has 4 rings (SSSR count). The van der Waals surface area contributed by atoms with E-state index >= 15 is 0 Å². The predicted octanol–water partition coefficient (Wildman–Crippen LogP) is 3.19. The van der Waals surface area contributed by atoms with Gasteiger partial charge in [0.1, 0.15) is 11.6 Å². The molecule has 0 saturated heterocycles. The molecular formula is C20H22N4O. The minimum absolute atomic E-state index is 0.236. The number of hydrogen-bond acceptors (Lipinski definition) is 5. The number of hydrogen-bond donors (Lipinski definition) is 2. The van der Waals surface area contributed by atoms with Gasteiger partial charge in [-0.1, -0.05) is 0 Å². The van der Waals surface area contributed by atoms with Gasteiger partial charge in [0.05, 0.1) is 5.52 Å². The Morgan fingerprint density at radius 3 is 2.88 bits per heavy atom. The minimum atomic E-state index is 0.236. The van der Waals surface area contributed by atoms with Gasteiger partial charge in [0.25, 0.3) is 0 Å². The van der Waals surface area contributed by atoms with E-state index in [2.05, 4.69) is 35.4 Å². The Labute approximate surface area is 147 Å². The van der Waals surface area contributed by atoms with Crippen molar-refractivity contribution in [1.29, 1.82) is 0 Å². The molecule has 2 aromatic heterocycles. The summed E-state index contributed by atoms with van der Waals surface area (Å²) in [5.41, 5.74) is 6.72. The Morgan fingerprint density at radius 1 is 1.24 bits per heavy atom. The van der Waals surface area contributed by atoms with E-state index in [4.69, 9.17) is 4.98 Å². The monoisotopic (exact) mass is 334 g/mol. The summed E-state index contributed by atoms with van der Waals surface area (Å²) in [5.74, 6) is 1.14. The summed E-state index contributed by atoms with van der Waals surface area (Å²) in [6.45, 7) is 3.78. The first-order valence-corrected chi connectivity index (χ1v) is 8.53. The van der Waals surface area contributed by atoms with Crippen LogP contribution in [-0.2, 0) is 6.42 Å². The van der Waals surface area contributed by atoms with Crippen molar-refractivity contribution in [3.05, 3.63) is 47.3 Å². The third kappa shape index (κ3) is 2.81. The Hall–Kier alpha value is -2.66. The average Bonchev–Trinajstić information content (AvgIpc) is 2.93.